The SMILES string of the molecule is C=C(C)C(=O)OCCOC(=O)C(C)(C)CC.C=C(C)C(=O)OCCOC(=O)C(C)(C)CC.C=C(C)C(=O)OCCOC(=O)C(C)(C)CC.C=COCCOC(=O)C(C)(C)CC.CCC(C)(C)C(=O)OCCC[Si](C)(C)O[Si](C)(c1ccccc1)c1ccccc1.CCC(C)(C)C(=O)OCCO[Si](C)(C)C.CCCC[Si](C)(C)O[Si](C)(C)CCCOC(=O)C(C)(C)CC.CCCC[Si](C)(C)O[Si](C)(C)CCCOC(=O)C(C)(C)CC. The van der Waals surface area contributed by atoms with Gasteiger partial charge in [-0.15, -0.1) is 0 Å². The third-order valence-corrected chi connectivity index (χ3v) is 50.0. The van der Waals surface area contributed by atoms with Gasteiger partial charge in [0.05, 0.1) is 76.0 Å². The van der Waals surface area contributed by atoms with Crippen LogP contribution in [0.2, 0.25) is 122 Å². The van der Waals surface area contributed by atoms with Gasteiger partial charge in [0.2, 0.25) is 8.32 Å². The Balaban J connectivity index is -0.000000397. The number of carbonyl (C=O) groups is 11. The lowest BCUT2D eigenvalue weighted by atomic mass is 9.91. The minimum atomic E-state index is -2.30. The predicted octanol–water partition coefficient (Wildman–Crippen LogP) is 27.3. The number of carbonyl (C=O) groups excluding carboxylic acids is 11. The Kier molecular flexibility index (Phi) is 77.2. The summed E-state index contributed by atoms with van der Waals surface area (Å²) in [6.45, 7) is 104. The predicted molar refractivity (Wildman–Crippen MR) is 625 cm³/mol. The first-order valence-corrected chi connectivity index (χ1v) is 75.5. The molecule has 2 aromatic carbocycles. The molecule has 149 heavy (non-hydrogen) atoms. The number of benzene rings is 2. The smallest absolute Gasteiger partial charge is 0.333 e. The number of rotatable bonds is 62. The lowest BCUT2D eigenvalue weighted by Crippen LogP contribution is -2.62. The molecule has 0 amide bonds. The second-order valence-corrected chi connectivity index (χ2v) is 77.4. The number of hydrogen-bond acceptors (Lipinski definition) is 27. The van der Waals surface area contributed by atoms with Gasteiger partial charge in [-0.2, -0.15) is 0 Å². The molecule has 0 heterocycles. The van der Waals surface area contributed by atoms with E-state index in [0.717, 1.165) is 69.5 Å². The summed E-state index contributed by atoms with van der Waals surface area (Å²) in [5.74, 6) is -2.80. The fraction of sp³-hybridized carbons (Fsp3) is 0.730. The van der Waals surface area contributed by atoms with Gasteiger partial charge in [-0.1, -0.05) is 182 Å². The van der Waals surface area contributed by atoms with E-state index in [1.807, 2.05) is 166 Å². The number of esters is 11. The summed E-state index contributed by atoms with van der Waals surface area (Å²) in [5.41, 5.74) is -2.37. The molecule has 0 saturated heterocycles. The van der Waals surface area contributed by atoms with Crippen LogP contribution in [0, 0.1) is 43.3 Å². The van der Waals surface area contributed by atoms with Gasteiger partial charge in [0.15, 0.2) is 49.9 Å². The van der Waals surface area contributed by atoms with Gasteiger partial charge in [0, 0.05) is 16.7 Å². The van der Waals surface area contributed by atoms with Crippen LogP contribution in [0.5, 0.6) is 0 Å². The highest BCUT2D eigenvalue weighted by atomic mass is 28.4. The Bertz CT molecular complexity index is 3960. The maximum Gasteiger partial charge on any atom is 0.333 e. The Morgan fingerprint density at radius 3 is 0.624 bits per heavy atom. The standard InChI is InChI=1S/C24H36O3Si2.2C17H38O3Si2.3C12H20O4.C11H24O3Si.C10H18O3/c1-7-24(2,3)23(25)26-19-14-20-28(4,5)27-29(6,21-15-10-8-11-16-21)22-17-12-9-13-18-22;2*1-9-11-14-21(5,6)20-22(7,8)15-12-13-19-16(18)17(3,4)10-2;3*1-6-12(4,5)11(14)16-8-7-15-10(13)9(2)3;1-7-11(2,3)10(12)13-8-9-14-15(4,5)6;1-5-10(3,4)9(11)13-8-7-12-6-2/h8-13,15-18H,7,14,19-20H2,1-6H3;2*9-15H2,1-8H3;3*2,6-8H2,1,3-5H3;7-9H2,1-6H3;6H,2,5,7-8H2,1,3-4H3. The number of unbranched alkanes of at least 4 members (excludes halogenated alkanes) is 2. The second kappa shape index (κ2) is 75.5. The van der Waals surface area contributed by atoms with Crippen molar-refractivity contribution in [3.05, 3.63) is 110 Å². The summed E-state index contributed by atoms with van der Waals surface area (Å²) in [5, 5.41) is 2.59. The van der Waals surface area contributed by atoms with Gasteiger partial charge in [0.25, 0.3) is 0 Å². The van der Waals surface area contributed by atoms with Gasteiger partial charge in [0.1, 0.15) is 59.5 Å². The van der Waals surface area contributed by atoms with Crippen LogP contribution in [-0.2, 0) is 126 Å². The third kappa shape index (κ3) is 73.7. The lowest BCUT2D eigenvalue weighted by molar-refractivity contribution is -0.158. The molecule has 0 spiro atoms. The molecular weight excluding hydrogens is 2010 g/mol. The van der Waals surface area contributed by atoms with E-state index in [1.54, 1.807) is 20.8 Å². The average Bonchev–Trinajstić information content (AvgIpc) is 0.778. The van der Waals surface area contributed by atoms with E-state index in [4.69, 9.17) is 73.6 Å². The van der Waals surface area contributed by atoms with E-state index in [0.29, 0.717) is 75.6 Å². The first kappa shape index (κ1) is 152. The quantitative estimate of drug-likeness (QED) is 0.0148. The van der Waals surface area contributed by atoms with Crippen molar-refractivity contribution in [2.24, 2.45) is 43.3 Å². The molecule has 0 bridgehead atoms. The Labute approximate surface area is 912 Å². The van der Waals surface area contributed by atoms with Crippen molar-refractivity contribution < 1.29 is 126 Å². The Hall–Kier alpha value is -7.27. The molecule has 0 N–H and O–H groups in total. The van der Waals surface area contributed by atoms with Crippen molar-refractivity contribution in [3.63, 3.8) is 0 Å². The molecule has 864 valence electrons. The summed E-state index contributed by atoms with van der Waals surface area (Å²) < 4.78 is 86.4. The summed E-state index contributed by atoms with van der Waals surface area (Å²) in [6.07, 6.45) is 15.1. The average molecular weight is 2230 g/mol. The first-order chi connectivity index (χ1) is 68.2. The molecule has 27 nitrogen and oxygen atoms in total. The molecular formula is C115H214O27Si7. The monoisotopic (exact) mass is 2220 g/mol. The molecule has 0 aromatic heterocycles. The summed E-state index contributed by atoms with van der Waals surface area (Å²) in [7, 11) is -12.1. The molecule has 0 aliphatic rings. The molecule has 0 saturated carbocycles. The summed E-state index contributed by atoms with van der Waals surface area (Å²) in [4.78, 5) is 126. The van der Waals surface area contributed by atoms with E-state index in [2.05, 4.69) is 192 Å². The van der Waals surface area contributed by atoms with Crippen molar-refractivity contribution in [2.45, 2.75) is 419 Å². The number of ether oxygens (including phenoxy) is 12. The van der Waals surface area contributed by atoms with Crippen molar-refractivity contribution in [1.82, 2.24) is 0 Å². The first-order valence-electron chi connectivity index (χ1n) is 54.1. The van der Waals surface area contributed by atoms with Crippen LogP contribution in [0.3, 0.4) is 0 Å². The van der Waals surface area contributed by atoms with Crippen LogP contribution in [0.4, 0.5) is 0 Å². The van der Waals surface area contributed by atoms with Crippen molar-refractivity contribution >= 4 is 134 Å². The normalized spacial score (nSPS) is 12.0. The summed E-state index contributed by atoms with van der Waals surface area (Å²) in [6, 6.07) is 26.8. The van der Waals surface area contributed by atoms with E-state index in [9.17, 15) is 52.7 Å². The van der Waals surface area contributed by atoms with Crippen LogP contribution in [0.15, 0.2) is 110 Å². The fourth-order valence-electron chi connectivity index (χ4n) is 11.9. The molecule has 0 aliphatic carbocycles. The van der Waals surface area contributed by atoms with Crippen molar-refractivity contribution in [3.8, 4) is 0 Å². The molecule has 0 radical (unpaired) electrons. The van der Waals surface area contributed by atoms with E-state index in [-0.39, 0.29) is 110 Å². The molecule has 2 rings (SSSR count). The van der Waals surface area contributed by atoms with Crippen LogP contribution >= 0.6 is 0 Å². The van der Waals surface area contributed by atoms with Crippen molar-refractivity contribution in [2.75, 3.05) is 85.9 Å². The van der Waals surface area contributed by atoms with Gasteiger partial charge in [-0.05, 0) is 334 Å². The minimum absolute atomic E-state index is 0.0667. The highest BCUT2D eigenvalue weighted by Crippen LogP contribution is 2.32. The molecule has 2 aromatic rings. The molecule has 34 heteroatoms. The Morgan fingerprint density at radius 2 is 0.436 bits per heavy atom. The van der Waals surface area contributed by atoms with E-state index in [1.165, 1.54) is 54.4 Å². The maximum absolute atomic E-state index is 12.2. The van der Waals surface area contributed by atoms with Crippen LogP contribution < -0.4 is 10.4 Å². The van der Waals surface area contributed by atoms with E-state index < -0.39 is 103 Å². The molecule has 0 fully saturated rings. The van der Waals surface area contributed by atoms with E-state index >= 15 is 0 Å². The topological polar surface area (TPSA) is 335 Å². The summed E-state index contributed by atoms with van der Waals surface area (Å²) >= 11 is 0. The third-order valence-electron chi connectivity index (χ3n) is 25.6. The zero-order valence-corrected chi connectivity index (χ0v) is 109. The van der Waals surface area contributed by atoms with Crippen LogP contribution in [-0.4, -0.2) is 210 Å². The zero-order valence-electron chi connectivity index (χ0n) is 102. The molecule has 0 aliphatic heterocycles. The minimum Gasteiger partial charge on any atom is -0.498 e. The second-order valence-electron chi connectivity index (χ2n) is 47.1. The van der Waals surface area contributed by atoms with Crippen LogP contribution in [0.1, 0.15) is 297 Å². The maximum atomic E-state index is 12.2. The zero-order chi connectivity index (χ0) is 117. The van der Waals surface area contributed by atoms with Crippen molar-refractivity contribution in [1.29, 1.82) is 0 Å². The number of hydrogen-bond donors (Lipinski definition) is 0. The highest BCUT2D eigenvalue weighted by molar-refractivity contribution is 7.01. The van der Waals surface area contributed by atoms with Gasteiger partial charge < -0.3 is 73.6 Å². The lowest BCUT2D eigenvalue weighted by Gasteiger charge is -2.37. The molecule has 0 unspecified atom stereocenters. The molecule has 0 atom stereocenters. The van der Waals surface area contributed by atoms with Crippen LogP contribution in [0.25, 0.3) is 0 Å². The fourth-order valence-corrected chi connectivity index (χ4v) is 39.4. The Morgan fingerprint density at radius 1 is 0.255 bits per heavy atom. The highest BCUT2D eigenvalue weighted by Gasteiger charge is 2.42. The van der Waals surface area contributed by atoms with Gasteiger partial charge >= 0.3 is 65.7 Å². The largest absolute Gasteiger partial charge is 0.498 e. The van der Waals surface area contributed by atoms with Gasteiger partial charge in [-0.3, -0.25) is 38.4 Å². The van der Waals surface area contributed by atoms with Gasteiger partial charge in [-0.25, -0.2) is 14.4 Å².